The van der Waals surface area contributed by atoms with Crippen LogP contribution in [0.5, 0.6) is 5.75 Å². The van der Waals surface area contributed by atoms with Gasteiger partial charge in [0.15, 0.2) is 0 Å². The Labute approximate surface area is 140 Å². The van der Waals surface area contributed by atoms with Crippen LogP contribution in [0.1, 0.15) is 17.5 Å². The molecule has 1 aromatic carbocycles. The van der Waals surface area contributed by atoms with Crippen LogP contribution < -0.4 is 4.74 Å². The van der Waals surface area contributed by atoms with Gasteiger partial charge in [-0.15, -0.1) is 12.4 Å². The highest BCUT2D eigenvalue weighted by Gasteiger charge is 2.10. The average Bonchev–Trinajstić information content (AvgIpc) is 2.48. The van der Waals surface area contributed by atoms with Crippen molar-refractivity contribution in [2.24, 2.45) is 0 Å². The van der Waals surface area contributed by atoms with Gasteiger partial charge in [0.2, 0.25) is 0 Å². The zero-order chi connectivity index (χ0) is 15.1. The fourth-order valence-corrected chi connectivity index (χ4v) is 2.78. The zero-order valence-corrected chi connectivity index (χ0v) is 14.8. The summed E-state index contributed by atoms with van der Waals surface area (Å²) >= 11 is 0. The van der Waals surface area contributed by atoms with E-state index in [0.717, 1.165) is 45.0 Å². The molecule has 0 unspecified atom stereocenters. The minimum atomic E-state index is 0. The van der Waals surface area contributed by atoms with Crippen molar-refractivity contribution in [3.63, 3.8) is 0 Å². The first-order valence-corrected chi connectivity index (χ1v) is 7.79. The molecule has 0 spiro atoms. The second-order valence-corrected chi connectivity index (χ2v) is 5.94. The fourth-order valence-electron chi connectivity index (χ4n) is 2.78. The van der Waals surface area contributed by atoms with Crippen LogP contribution in [-0.4, -0.2) is 63.9 Å². The predicted molar refractivity (Wildman–Crippen MR) is 93.2 cm³/mol. The molecule has 0 amide bonds. The quantitative estimate of drug-likeness (QED) is 0.767. The van der Waals surface area contributed by atoms with E-state index in [1.807, 2.05) is 0 Å². The van der Waals surface area contributed by atoms with E-state index in [1.54, 1.807) is 7.11 Å². The number of rotatable bonds is 7. The first-order chi connectivity index (χ1) is 10.2. The van der Waals surface area contributed by atoms with E-state index in [2.05, 4.69) is 42.1 Å². The fraction of sp³-hybridized carbons (Fsp3) is 0.647. The predicted octanol–water partition coefficient (Wildman–Crippen LogP) is 2.44. The number of halogens is 1. The maximum Gasteiger partial charge on any atom is 0.123 e. The average molecular weight is 329 g/mol. The Kier molecular flexibility index (Phi) is 8.79. The summed E-state index contributed by atoms with van der Waals surface area (Å²) in [6.45, 7) is 6.01. The summed E-state index contributed by atoms with van der Waals surface area (Å²) in [6.07, 6.45) is 2.33. The van der Waals surface area contributed by atoms with Crippen molar-refractivity contribution in [2.75, 3.05) is 54.1 Å². The molecule has 5 heteroatoms. The molecule has 0 atom stereocenters. The third kappa shape index (κ3) is 6.13. The molecule has 0 bridgehead atoms. The Morgan fingerprint density at radius 3 is 2.59 bits per heavy atom. The standard InChI is InChI=1S/C17H28N2O2.ClH/c1-18(2)14-16-13-15(6-7-17(16)20-3)5-4-8-19-9-11-21-12-10-19;/h6-7,13H,4-5,8-12,14H2,1-3H3;1H. The molecule has 1 aliphatic rings. The number of ether oxygens (including phenoxy) is 2. The van der Waals surface area contributed by atoms with Crippen molar-refractivity contribution in [1.29, 1.82) is 0 Å². The maximum absolute atomic E-state index is 5.45. The van der Waals surface area contributed by atoms with E-state index in [4.69, 9.17) is 9.47 Å². The van der Waals surface area contributed by atoms with E-state index in [9.17, 15) is 0 Å². The summed E-state index contributed by atoms with van der Waals surface area (Å²) in [5.41, 5.74) is 2.67. The summed E-state index contributed by atoms with van der Waals surface area (Å²) in [6, 6.07) is 6.58. The van der Waals surface area contributed by atoms with Gasteiger partial charge in [0.25, 0.3) is 0 Å². The third-order valence-corrected chi connectivity index (χ3v) is 3.87. The highest BCUT2D eigenvalue weighted by Crippen LogP contribution is 2.21. The van der Waals surface area contributed by atoms with Crippen LogP contribution >= 0.6 is 12.4 Å². The lowest BCUT2D eigenvalue weighted by Gasteiger charge is -2.26. The van der Waals surface area contributed by atoms with E-state index in [-0.39, 0.29) is 12.4 Å². The highest BCUT2D eigenvalue weighted by molar-refractivity contribution is 5.85. The first kappa shape index (κ1) is 19.2. The van der Waals surface area contributed by atoms with Crippen molar-refractivity contribution >= 4 is 12.4 Å². The number of aryl methyl sites for hydroxylation is 1. The van der Waals surface area contributed by atoms with Crippen LogP contribution in [0.2, 0.25) is 0 Å². The van der Waals surface area contributed by atoms with Crippen molar-refractivity contribution in [1.82, 2.24) is 9.80 Å². The number of nitrogens with zero attached hydrogens (tertiary/aromatic N) is 2. The van der Waals surface area contributed by atoms with Gasteiger partial charge in [-0.2, -0.15) is 0 Å². The molecule has 2 rings (SSSR count). The molecule has 1 fully saturated rings. The number of hydrogen-bond donors (Lipinski definition) is 0. The number of benzene rings is 1. The normalized spacial score (nSPS) is 15.6. The van der Waals surface area contributed by atoms with Gasteiger partial charge in [0, 0.05) is 25.2 Å². The van der Waals surface area contributed by atoms with Crippen molar-refractivity contribution < 1.29 is 9.47 Å². The summed E-state index contributed by atoms with van der Waals surface area (Å²) < 4.78 is 10.8. The van der Waals surface area contributed by atoms with Gasteiger partial charge in [-0.1, -0.05) is 12.1 Å². The minimum absolute atomic E-state index is 0. The van der Waals surface area contributed by atoms with Gasteiger partial charge in [-0.3, -0.25) is 4.90 Å². The Bertz CT molecular complexity index is 435. The summed E-state index contributed by atoms with van der Waals surface area (Å²) in [5, 5.41) is 0. The van der Waals surface area contributed by atoms with E-state index in [0.29, 0.717) is 0 Å². The van der Waals surface area contributed by atoms with Gasteiger partial charge in [0.1, 0.15) is 5.75 Å². The smallest absolute Gasteiger partial charge is 0.123 e. The van der Waals surface area contributed by atoms with Gasteiger partial charge < -0.3 is 14.4 Å². The summed E-state index contributed by atoms with van der Waals surface area (Å²) in [7, 11) is 5.92. The minimum Gasteiger partial charge on any atom is -0.496 e. The Balaban J connectivity index is 0.00000242. The maximum atomic E-state index is 5.45. The van der Waals surface area contributed by atoms with Crippen LogP contribution in [0.25, 0.3) is 0 Å². The van der Waals surface area contributed by atoms with Crippen molar-refractivity contribution in [2.45, 2.75) is 19.4 Å². The molecule has 0 aromatic heterocycles. The second kappa shape index (κ2) is 10.1. The monoisotopic (exact) mass is 328 g/mol. The topological polar surface area (TPSA) is 24.9 Å². The lowest BCUT2D eigenvalue weighted by molar-refractivity contribution is 0.0374. The largest absolute Gasteiger partial charge is 0.496 e. The molecular weight excluding hydrogens is 300 g/mol. The lowest BCUT2D eigenvalue weighted by atomic mass is 10.0. The van der Waals surface area contributed by atoms with Crippen LogP contribution in [0.4, 0.5) is 0 Å². The SMILES string of the molecule is COc1ccc(CCCN2CCOCC2)cc1CN(C)C.Cl. The first-order valence-electron chi connectivity index (χ1n) is 7.79. The molecule has 0 N–H and O–H groups in total. The van der Waals surface area contributed by atoms with Gasteiger partial charge >= 0.3 is 0 Å². The highest BCUT2D eigenvalue weighted by atomic mass is 35.5. The third-order valence-electron chi connectivity index (χ3n) is 3.87. The molecule has 22 heavy (non-hydrogen) atoms. The van der Waals surface area contributed by atoms with Crippen LogP contribution in [0, 0.1) is 0 Å². The zero-order valence-electron chi connectivity index (χ0n) is 14.0. The second-order valence-electron chi connectivity index (χ2n) is 5.94. The van der Waals surface area contributed by atoms with E-state index in [1.165, 1.54) is 24.1 Å². The molecule has 1 heterocycles. The van der Waals surface area contributed by atoms with Crippen molar-refractivity contribution in [3.8, 4) is 5.75 Å². The Morgan fingerprint density at radius 1 is 1.23 bits per heavy atom. The van der Waals surface area contributed by atoms with E-state index >= 15 is 0 Å². The molecular formula is C17H29ClN2O2. The molecule has 1 aliphatic heterocycles. The Hall–Kier alpha value is -0.810. The molecule has 0 saturated carbocycles. The molecule has 1 saturated heterocycles. The van der Waals surface area contributed by atoms with Gasteiger partial charge in [-0.05, 0) is 45.1 Å². The number of methoxy groups -OCH3 is 1. The molecule has 4 nitrogen and oxygen atoms in total. The molecule has 126 valence electrons. The van der Waals surface area contributed by atoms with E-state index < -0.39 is 0 Å². The van der Waals surface area contributed by atoms with Crippen molar-refractivity contribution in [3.05, 3.63) is 29.3 Å². The summed E-state index contributed by atoms with van der Waals surface area (Å²) in [5.74, 6) is 0.987. The van der Waals surface area contributed by atoms with Crippen LogP contribution in [0.15, 0.2) is 18.2 Å². The Morgan fingerprint density at radius 2 is 1.95 bits per heavy atom. The van der Waals surface area contributed by atoms with Gasteiger partial charge in [-0.25, -0.2) is 0 Å². The number of hydrogen-bond acceptors (Lipinski definition) is 4. The molecule has 0 aliphatic carbocycles. The van der Waals surface area contributed by atoms with Gasteiger partial charge in [0.05, 0.1) is 20.3 Å². The summed E-state index contributed by atoms with van der Waals surface area (Å²) in [4.78, 5) is 4.67. The molecule has 1 aromatic rings. The molecule has 0 radical (unpaired) electrons. The lowest BCUT2D eigenvalue weighted by Crippen LogP contribution is -2.36. The van der Waals surface area contributed by atoms with Crippen LogP contribution in [0.3, 0.4) is 0 Å². The number of morpholine rings is 1. The van der Waals surface area contributed by atoms with Crippen LogP contribution in [-0.2, 0) is 17.7 Å².